The minimum absolute atomic E-state index is 0. The van der Waals surface area contributed by atoms with Gasteiger partial charge in [-0.1, -0.05) is 12.5 Å². The lowest BCUT2D eigenvalue weighted by Crippen LogP contribution is -2.44. The Kier molecular flexibility index (Phi) is 6.62. The first-order valence-electron chi connectivity index (χ1n) is 6.81. The number of halogens is 1. The Morgan fingerprint density at radius 3 is 2.81 bits per heavy atom. The zero-order valence-electron chi connectivity index (χ0n) is 11.7. The molecule has 0 saturated carbocycles. The maximum atomic E-state index is 12.7. The molecule has 116 valence electrons. The van der Waals surface area contributed by atoms with Crippen LogP contribution in [0.5, 0.6) is 0 Å². The van der Waals surface area contributed by atoms with E-state index in [0.29, 0.717) is 25.1 Å². The van der Waals surface area contributed by atoms with Crippen LogP contribution in [0.3, 0.4) is 0 Å². The molecule has 1 aromatic carbocycles. The van der Waals surface area contributed by atoms with E-state index >= 15 is 0 Å². The third-order valence-corrected chi connectivity index (χ3v) is 5.59. The second kappa shape index (κ2) is 7.76. The van der Waals surface area contributed by atoms with Crippen LogP contribution < -0.4 is 5.73 Å². The average molecular weight is 330 g/mol. The summed E-state index contributed by atoms with van der Waals surface area (Å²) in [4.78, 5) is 0.195. The fourth-order valence-corrected chi connectivity index (χ4v) is 4.40. The molecule has 5 nitrogen and oxygen atoms in total. The molecule has 1 fully saturated rings. The van der Waals surface area contributed by atoms with E-state index < -0.39 is 10.0 Å². The minimum atomic E-state index is -3.54. The summed E-state index contributed by atoms with van der Waals surface area (Å²) in [5.74, 6) is 0. The highest BCUT2D eigenvalue weighted by atomic mass is 35.5. The molecular weight excluding hydrogens is 310 g/mol. The molecule has 2 N–H and O–H groups in total. The van der Waals surface area contributed by atoms with Crippen molar-refractivity contribution >= 4 is 22.4 Å². The lowest BCUT2D eigenvalue weighted by molar-refractivity contribution is 0.243. The first-order valence-corrected chi connectivity index (χ1v) is 8.25. The van der Waals surface area contributed by atoms with Crippen molar-refractivity contribution in [2.75, 3.05) is 13.1 Å². The smallest absolute Gasteiger partial charge is 0.243 e. The van der Waals surface area contributed by atoms with Crippen molar-refractivity contribution < 1.29 is 8.42 Å². The molecule has 1 aliphatic rings. The Morgan fingerprint density at radius 1 is 1.38 bits per heavy atom. The van der Waals surface area contributed by atoms with Gasteiger partial charge in [-0.15, -0.1) is 12.4 Å². The topological polar surface area (TPSA) is 87.2 Å². The van der Waals surface area contributed by atoms with Crippen LogP contribution in [0.4, 0.5) is 0 Å². The molecule has 0 bridgehead atoms. The zero-order chi connectivity index (χ0) is 14.6. The molecule has 1 unspecified atom stereocenters. The molecule has 0 aromatic heterocycles. The molecule has 1 atom stereocenters. The molecule has 1 heterocycles. The summed E-state index contributed by atoms with van der Waals surface area (Å²) in [5.41, 5.74) is 5.94. The predicted molar refractivity (Wildman–Crippen MR) is 83.6 cm³/mol. The van der Waals surface area contributed by atoms with Crippen LogP contribution in [-0.2, 0) is 10.0 Å². The van der Waals surface area contributed by atoms with Gasteiger partial charge in [-0.3, -0.25) is 0 Å². The monoisotopic (exact) mass is 329 g/mol. The molecular formula is C14H20ClN3O2S. The Hall–Kier alpha value is -1.13. The Balaban J connectivity index is 0.00000220. The maximum Gasteiger partial charge on any atom is 0.243 e. The number of rotatable bonds is 4. The highest BCUT2D eigenvalue weighted by molar-refractivity contribution is 7.89. The molecule has 0 amide bonds. The van der Waals surface area contributed by atoms with E-state index in [1.165, 1.54) is 6.07 Å². The Morgan fingerprint density at radius 2 is 2.14 bits per heavy atom. The highest BCUT2D eigenvalue weighted by Gasteiger charge is 2.32. The van der Waals surface area contributed by atoms with Gasteiger partial charge in [-0.2, -0.15) is 9.57 Å². The zero-order valence-corrected chi connectivity index (χ0v) is 13.4. The van der Waals surface area contributed by atoms with Crippen molar-refractivity contribution in [1.82, 2.24) is 4.31 Å². The Bertz CT molecular complexity index is 611. The molecule has 0 spiro atoms. The molecule has 0 radical (unpaired) electrons. The summed E-state index contributed by atoms with van der Waals surface area (Å²) in [5, 5.41) is 8.90. The number of piperidine rings is 1. The fraction of sp³-hybridized carbons (Fsp3) is 0.500. The number of hydrogen-bond acceptors (Lipinski definition) is 4. The van der Waals surface area contributed by atoms with Crippen LogP contribution in [-0.4, -0.2) is 31.9 Å². The highest BCUT2D eigenvalue weighted by Crippen LogP contribution is 2.27. The summed E-state index contributed by atoms with van der Waals surface area (Å²) >= 11 is 0. The SMILES string of the molecule is Cl.N#Cc1cccc(S(=O)(=O)N2CCCCC2CCN)c1. The fourth-order valence-electron chi connectivity index (χ4n) is 2.63. The predicted octanol–water partition coefficient (Wildman–Crippen LogP) is 1.87. The normalized spacial score (nSPS) is 19.5. The van der Waals surface area contributed by atoms with Crippen molar-refractivity contribution in [3.8, 4) is 6.07 Å². The van der Waals surface area contributed by atoms with E-state index in [1.54, 1.807) is 22.5 Å². The van der Waals surface area contributed by atoms with Gasteiger partial charge in [0, 0.05) is 12.6 Å². The summed E-state index contributed by atoms with van der Waals surface area (Å²) < 4.78 is 27.0. The van der Waals surface area contributed by atoms with Crippen LogP contribution in [0.15, 0.2) is 29.2 Å². The molecule has 21 heavy (non-hydrogen) atoms. The van der Waals surface area contributed by atoms with E-state index in [9.17, 15) is 8.42 Å². The minimum Gasteiger partial charge on any atom is -0.330 e. The number of nitrogens with two attached hydrogens (primary N) is 1. The van der Waals surface area contributed by atoms with Crippen molar-refractivity contribution in [3.63, 3.8) is 0 Å². The molecule has 1 saturated heterocycles. The van der Waals surface area contributed by atoms with Gasteiger partial charge in [-0.25, -0.2) is 8.42 Å². The third kappa shape index (κ3) is 3.95. The van der Waals surface area contributed by atoms with E-state index in [4.69, 9.17) is 11.0 Å². The lowest BCUT2D eigenvalue weighted by atomic mass is 10.0. The van der Waals surface area contributed by atoms with Crippen molar-refractivity contribution in [3.05, 3.63) is 29.8 Å². The van der Waals surface area contributed by atoms with Gasteiger partial charge in [0.05, 0.1) is 16.5 Å². The number of sulfonamides is 1. The van der Waals surface area contributed by atoms with Crippen LogP contribution in [0.1, 0.15) is 31.2 Å². The van der Waals surface area contributed by atoms with Gasteiger partial charge in [0.1, 0.15) is 0 Å². The van der Waals surface area contributed by atoms with E-state index in [2.05, 4.69) is 0 Å². The molecule has 0 aliphatic carbocycles. The van der Waals surface area contributed by atoms with Crippen molar-refractivity contribution in [2.45, 2.75) is 36.6 Å². The van der Waals surface area contributed by atoms with Gasteiger partial charge >= 0.3 is 0 Å². The average Bonchev–Trinajstić information content (AvgIpc) is 2.48. The molecule has 2 rings (SSSR count). The summed E-state index contributed by atoms with van der Waals surface area (Å²) in [7, 11) is -3.54. The second-order valence-corrected chi connectivity index (χ2v) is 6.87. The van der Waals surface area contributed by atoms with E-state index in [0.717, 1.165) is 19.3 Å². The van der Waals surface area contributed by atoms with E-state index in [1.807, 2.05) is 6.07 Å². The van der Waals surface area contributed by atoms with Crippen LogP contribution in [0.2, 0.25) is 0 Å². The van der Waals surface area contributed by atoms with Gasteiger partial charge in [0.25, 0.3) is 0 Å². The summed E-state index contributed by atoms with van der Waals surface area (Å²) in [6.07, 6.45) is 3.44. The van der Waals surface area contributed by atoms with Gasteiger partial charge < -0.3 is 5.73 Å². The number of nitriles is 1. The maximum absolute atomic E-state index is 12.7. The standard InChI is InChI=1S/C14H19N3O2S.ClH/c15-8-7-13-5-1-2-9-17(13)20(18,19)14-6-3-4-12(10-14)11-16;/h3-4,6,10,13H,1-2,5,7-9,15H2;1H. The van der Waals surface area contributed by atoms with Gasteiger partial charge in [0.2, 0.25) is 10.0 Å². The summed E-state index contributed by atoms with van der Waals surface area (Å²) in [6, 6.07) is 8.14. The third-order valence-electron chi connectivity index (χ3n) is 3.64. The summed E-state index contributed by atoms with van der Waals surface area (Å²) in [6.45, 7) is 1.01. The van der Waals surface area contributed by atoms with Crippen LogP contribution in [0, 0.1) is 11.3 Å². The van der Waals surface area contributed by atoms with Gasteiger partial charge in [-0.05, 0) is 44.0 Å². The Labute approximate surface area is 132 Å². The molecule has 7 heteroatoms. The van der Waals surface area contributed by atoms with Crippen molar-refractivity contribution in [2.24, 2.45) is 5.73 Å². The van der Waals surface area contributed by atoms with Crippen LogP contribution in [0.25, 0.3) is 0 Å². The van der Waals surface area contributed by atoms with Gasteiger partial charge in [0.15, 0.2) is 0 Å². The van der Waals surface area contributed by atoms with Crippen LogP contribution >= 0.6 is 12.4 Å². The number of benzene rings is 1. The number of hydrogen-bond donors (Lipinski definition) is 1. The van der Waals surface area contributed by atoms with E-state index in [-0.39, 0.29) is 23.3 Å². The number of nitrogens with zero attached hydrogens (tertiary/aromatic N) is 2. The second-order valence-electron chi connectivity index (χ2n) is 4.98. The molecule has 1 aliphatic heterocycles. The first-order chi connectivity index (χ1) is 9.59. The molecule has 1 aromatic rings. The van der Waals surface area contributed by atoms with Crippen molar-refractivity contribution in [1.29, 1.82) is 5.26 Å². The largest absolute Gasteiger partial charge is 0.330 e. The quantitative estimate of drug-likeness (QED) is 0.913. The lowest BCUT2D eigenvalue weighted by Gasteiger charge is -2.34. The first kappa shape index (κ1) is 17.9.